The molecule has 0 aromatic rings. The molecule has 0 saturated heterocycles. The summed E-state index contributed by atoms with van der Waals surface area (Å²) in [5, 5.41) is 0. The van der Waals surface area contributed by atoms with Crippen LogP contribution in [0.5, 0.6) is 0 Å². The second kappa shape index (κ2) is 49.8. The largest absolute Gasteiger partial charge is 0.462 e. The van der Waals surface area contributed by atoms with E-state index in [1.54, 1.807) is 0 Å². The highest BCUT2D eigenvalue weighted by molar-refractivity contribution is 5.71. The maximum atomic E-state index is 12.8. The van der Waals surface area contributed by atoms with Gasteiger partial charge < -0.3 is 14.2 Å². The molecule has 0 aliphatic heterocycles. The van der Waals surface area contributed by atoms with Crippen molar-refractivity contribution < 1.29 is 28.6 Å². The van der Waals surface area contributed by atoms with Gasteiger partial charge in [-0.2, -0.15) is 0 Å². The quantitative estimate of drug-likeness (QED) is 0.0200. The molecule has 0 N–H and O–H groups in total. The molecular formula is C55H96O6. The fraction of sp³-hybridized carbons (Fsp3) is 0.764. The Bertz CT molecular complexity index is 1120. The van der Waals surface area contributed by atoms with Gasteiger partial charge in [0.2, 0.25) is 0 Å². The van der Waals surface area contributed by atoms with Crippen LogP contribution in [0.4, 0.5) is 0 Å². The van der Waals surface area contributed by atoms with Crippen LogP contribution in [0, 0.1) is 0 Å². The number of carbonyl (C=O) groups excluding carboxylic acids is 3. The molecule has 6 heteroatoms. The Morgan fingerprint density at radius 1 is 0.344 bits per heavy atom. The Labute approximate surface area is 377 Å². The number of carbonyl (C=O) groups is 3. The van der Waals surface area contributed by atoms with Crippen molar-refractivity contribution in [2.24, 2.45) is 0 Å². The van der Waals surface area contributed by atoms with E-state index in [1.807, 2.05) is 36.5 Å². The van der Waals surface area contributed by atoms with Gasteiger partial charge in [-0.25, -0.2) is 0 Å². The number of allylic oxidation sites excluding steroid dienone is 10. The van der Waals surface area contributed by atoms with Gasteiger partial charge in [0, 0.05) is 19.3 Å². The minimum Gasteiger partial charge on any atom is -0.462 e. The molecule has 0 fully saturated rings. The fourth-order valence-electron chi connectivity index (χ4n) is 7.21. The Morgan fingerprint density at radius 2 is 0.656 bits per heavy atom. The van der Waals surface area contributed by atoms with Gasteiger partial charge in [0.05, 0.1) is 0 Å². The van der Waals surface area contributed by atoms with Crippen LogP contribution in [-0.4, -0.2) is 37.2 Å². The van der Waals surface area contributed by atoms with Gasteiger partial charge in [-0.15, -0.1) is 0 Å². The van der Waals surface area contributed by atoms with E-state index in [-0.39, 0.29) is 37.5 Å². The van der Waals surface area contributed by atoms with Crippen molar-refractivity contribution in [2.75, 3.05) is 13.2 Å². The summed E-state index contributed by atoms with van der Waals surface area (Å²) < 4.78 is 16.8. The lowest BCUT2D eigenvalue weighted by atomic mass is 10.0. The summed E-state index contributed by atoms with van der Waals surface area (Å²) in [6.45, 7) is 6.46. The van der Waals surface area contributed by atoms with Crippen LogP contribution in [0.1, 0.15) is 252 Å². The molecule has 6 nitrogen and oxygen atoms in total. The molecule has 0 bridgehead atoms. The first kappa shape index (κ1) is 58.1. The van der Waals surface area contributed by atoms with Gasteiger partial charge in [-0.3, -0.25) is 14.4 Å². The highest BCUT2D eigenvalue weighted by Crippen LogP contribution is 2.15. The van der Waals surface area contributed by atoms with Crippen molar-refractivity contribution in [1.82, 2.24) is 0 Å². The molecule has 1 unspecified atom stereocenters. The van der Waals surface area contributed by atoms with E-state index in [1.165, 1.54) is 141 Å². The number of hydrogen-bond acceptors (Lipinski definition) is 6. The first-order valence-electron chi connectivity index (χ1n) is 25.8. The average molecular weight is 853 g/mol. The highest BCUT2D eigenvalue weighted by atomic mass is 16.6. The minimum absolute atomic E-state index is 0.0897. The second-order valence-electron chi connectivity index (χ2n) is 17.1. The molecule has 0 amide bonds. The summed E-state index contributed by atoms with van der Waals surface area (Å²) in [5.74, 6) is -0.929. The summed E-state index contributed by atoms with van der Waals surface area (Å²) >= 11 is 0. The molecule has 0 aliphatic rings. The van der Waals surface area contributed by atoms with Gasteiger partial charge in [-0.05, 0) is 64.2 Å². The van der Waals surface area contributed by atoms with E-state index in [0.29, 0.717) is 12.8 Å². The molecule has 1 atom stereocenters. The van der Waals surface area contributed by atoms with Gasteiger partial charge in [-0.1, -0.05) is 229 Å². The minimum atomic E-state index is -0.793. The summed E-state index contributed by atoms with van der Waals surface area (Å²) in [6, 6.07) is 0. The molecule has 0 saturated carbocycles. The highest BCUT2D eigenvalue weighted by Gasteiger charge is 2.19. The van der Waals surface area contributed by atoms with Gasteiger partial charge in [0.1, 0.15) is 13.2 Å². The lowest BCUT2D eigenvalue weighted by Gasteiger charge is -2.18. The third-order valence-electron chi connectivity index (χ3n) is 11.1. The van der Waals surface area contributed by atoms with Crippen LogP contribution in [-0.2, 0) is 28.6 Å². The van der Waals surface area contributed by atoms with E-state index in [0.717, 1.165) is 70.6 Å². The number of esters is 3. The molecule has 0 radical (unpaired) electrons. The lowest BCUT2D eigenvalue weighted by molar-refractivity contribution is -0.167. The molecule has 0 rings (SSSR count). The van der Waals surface area contributed by atoms with E-state index in [2.05, 4.69) is 45.1 Å². The van der Waals surface area contributed by atoms with Crippen molar-refractivity contribution in [3.8, 4) is 0 Å². The topological polar surface area (TPSA) is 78.9 Å². The standard InChI is InChI=1S/C55H96O6/c1-4-7-10-13-16-19-22-25-26-27-28-31-33-36-39-42-45-48-54(57)60-51-52(61-55(58)49-46-43-40-37-34-30-24-21-18-15-12-9-6-3)50-59-53(56)47-44-41-38-35-32-29-23-20-17-14-11-8-5-2/h9,12,15,18,21,24-26,30,34,52H,4-8,10-11,13-14,16-17,19-20,22-23,27-29,31-33,35-51H2,1-3H3/b12-9+,18-15+,24-21+,26-25+,34-30+. The first-order valence-corrected chi connectivity index (χ1v) is 25.8. The summed E-state index contributed by atoms with van der Waals surface area (Å²) in [5.41, 5.74) is 0. The number of rotatable bonds is 46. The molecule has 0 spiro atoms. The van der Waals surface area contributed by atoms with Crippen molar-refractivity contribution in [2.45, 2.75) is 258 Å². The smallest absolute Gasteiger partial charge is 0.306 e. The molecule has 0 heterocycles. The van der Waals surface area contributed by atoms with E-state index < -0.39 is 6.10 Å². The van der Waals surface area contributed by atoms with Crippen molar-refractivity contribution in [1.29, 1.82) is 0 Å². The summed E-state index contributed by atoms with van der Waals surface area (Å²) in [6.07, 6.45) is 60.6. The number of ether oxygens (including phenoxy) is 3. The second-order valence-corrected chi connectivity index (χ2v) is 17.1. The first-order chi connectivity index (χ1) is 30.0. The van der Waals surface area contributed by atoms with Crippen molar-refractivity contribution in [3.63, 3.8) is 0 Å². The molecule has 0 aliphatic carbocycles. The monoisotopic (exact) mass is 853 g/mol. The molecule has 0 aromatic heterocycles. The van der Waals surface area contributed by atoms with Crippen LogP contribution in [0.25, 0.3) is 0 Å². The zero-order chi connectivity index (χ0) is 44.4. The van der Waals surface area contributed by atoms with E-state index >= 15 is 0 Å². The maximum absolute atomic E-state index is 12.8. The molecular weight excluding hydrogens is 757 g/mol. The van der Waals surface area contributed by atoms with Crippen LogP contribution in [0.3, 0.4) is 0 Å². The molecule has 61 heavy (non-hydrogen) atoms. The van der Waals surface area contributed by atoms with Crippen LogP contribution in [0.15, 0.2) is 60.8 Å². The third kappa shape index (κ3) is 48.0. The van der Waals surface area contributed by atoms with Gasteiger partial charge in [0.25, 0.3) is 0 Å². The zero-order valence-electron chi connectivity index (χ0n) is 40.2. The Kier molecular flexibility index (Phi) is 47.4. The average Bonchev–Trinajstić information content (AvgIpc) is 3.26. The normalized spacial score (nSPS) is 12.5. The maximum Gasteiger partial charge on any atom is 0.306 e. The fourth-order valence-corrected chi connectivity index (χ4v) is 7.21. The number of unbranched alkanes of at least 4 members (excludes halogenated alkanes) is 28. The Balaban J connectivity index is 4.40. The van der Waals surface area contributed by atoms with Gasteiger partial charge >= 0.3 is 17.9 Å². The lowest BCUT2D eigenvalue weighted by Crippen LogP contribution is -2.30. The third-order valence-corrected chi connectivity index (χ3v) is 11.1. The summed E-state index contributed by atoms with van der Waals surface area (Å²) in [7, 11) is 0. The SMILES string of the molecule is CC/C=C/C=C/C=C/C=C/CCCCCC(=O)OC(COC(=O)CCCCCCCCC/C=C/CCCCCCCC)COC(=O)CCCCCCCCCCCCCCC. The Hall–Kier alpha value is -2.89. The Morgan fingerprint density at radius 3 is 1.07 bits per heavy atom. The van der Waals surface area contributed by atoms with Crippen LogP contribution >= 0.6 is 0 Å². The van der Waals surface area contributed by atoms with Crippen molar-refractivity contribution in [3.05, 3.63) is 60.8 Å². The summed E-state index contributed by atoms with van der Waals surface area (Å²) in [4.78, 5) is 37.9. The van der Waals surface area contributed by atoms with E-state index in [4.69, 9.17) is 14.2 Å². The predicted molar refractivity (Wildman–Crippen MR) is 261 cm³/mol. The van der Waals surface area contributed by atoms with Crippen LogP contribution in [0.2, 0.25) is 0 Å². The van der Waals surface area contributed by atoms with Gasteiger partial charge in [0.15, 0.2) is 6.10 Å². The van der Waals surface area contributed by atoms with E-state index in [9.17, 15) is 14.4 Å². The molecule has 0 aromatic carbocycles. The van der Waals surface area contributed by atoms with Crippen LogP contribution < -0.4 is 0 Å². The van der Waals surface area contributed by atoms with Crippen molar-refractivity contribution >= 4 is 17.9 Å². The predicted octanol–water partition coefficient (Wildman–Crippen LogP) is 16.9. The molecule has 352 valence electrons. The zero-order valence-corrected chi connectivity index (χ0v) is 40.2. The number of hydrogen-bond donors (Lipinski definition) is 0.